The maximum absolute atomic E-state index is 11.1. The number of carbonyl (C=O) groups is 1. The van der Waals surface area contributed by atoms with Gasteiger partial charge in [0.05, 0.1) is 5.56 Å². The van der Waals surface area contributed by atoms with Gasteiger partial charge in [-0.25, -0.2) is 4.79 Å². The van der Waals surface area contributed by atoms with Crippen LogP contribution in [-0.2, 0) is 4.74 Å². The summed E-state index contributed by atoms with van der Waals surface area (Å²) in [5.41, 5.74) is 6.86. The zero-order valence-corrected chi connectivity index (χ0v) is 7.67. The van der Waals surface area contributed by atoms with E-state index in [1.807, 2.05) is 6.07 Å². The van der Waals surface area contributed by atoms with E-state index in [4.69, 9.17) is 10.5 Å². The summed E-state index contributed by atoms with van der Waals surface area (Å²) in [5, 5.41) is 0. The van der Waals surface area contributed by atoms with Gasteiger partial charge in [-0.1, -0.05) is 22.0 Å². The molecule has 1 heterocycles. The Morgan fingerprint density at radius 3 is 2.92 bits per heavy atom. The molecule has 0 saturated heterocycles. The van der Waals surface area contributed by atoms with Crippen LogP contribution in [0.4, 0.5) is 0 Å². The van der Waals surface area contributed by atoms with Gasteiger partial charge in [0.1, 0.15) is 0 Å². The number of rotatable bonds is 0. The van der Waals surface area contributed by atoms with Crippen molar-refractivity contribution in [2.24, 2.45) is 5.73 Å². The molecule has 2 rings (SSSR count). The molecule has 0 saturated carbocycles. The van der Waals surface area contributed by atoms with Gasteiger partial charge in [-0.2, -0.15) is 0 Å². The average Bonchev–Trinajstić information content (AvgIpc) is 2.29. The first kappa shape index (κ1) is 7.76. The zero-order valence-electron chi connectivity index (χ0n) is 6.08. The van der Waals surface area contributed by atoms with Crippen molar-refractivity contribution in [2.75, 3.05) is 0 Å². The summed E-state index contributed by atoms with van der Waals surface area (Å²) in [6.07, 6.45) is -0.622. The Morgan fingerprint density at radius 2 is 2.25 bits per heavy atom. The zero-order chi connectivity index (χ0) is 8.72. The third-order valence-electron chi connectivity index (χ3n) is 1.79. The molecule has 0 amide bonds. The van der Waals surface area contributed by atoms with E-state index in [1.165, 1.54) is 0 Å². The second-order valence-corrected chi connectivity index (χ2v) is 3.38. The first-order valence-corrected chi connectivity index (χ1v) is 4.24. The van der Waals surface area contributed by atoms with Gasteiger partial charge >= 0.3 is 5.97 Å². The molecule has 3 nitrogen and oxygen atoms in total. The van der Waals surface area contributed by atoms with Gasteiger partial charge in [0.2, 0.25) is 0 Å². The number of hydrogen-bond donors (Lipinski definition) is 1. The Balaban J connectivity index is 2.67. The number of fused-ring (bicyclic) bond motifs is 1. The molecule has 4 heteroatoms. The molecular weight excluding hydrogens is 222 g/mol. The number of cyclic esters (lactones) is 1. The fourth-order valence-electron chi connectivity index (χ4n) is 1.24. The van der Waals surface area contributed by atoms with Gasteiger partial charge in [0.15, 0.2) is 6.23 Å². The highest BCUT2D eigenvalue weighted by molar-refractivity contribution is 9.10. The molecule has 0 aliphatic carbocycles. The first-order valence-electron chi connectivity index (χ1n) is 3.45. The minimum atomic E-state index is -0.622. The number of halogens is 1. The largest absolute Gasteiger partial charge is 0.439 e. The molecule has 0 radical (unpaired) electrons. The third kappa shape index (κ3) is 0.956. The van der Waals surface area contributed by atoms with Crippen LogP contribution in [0.1, 0.15) is 22.1 Å². The van der Waals surface area contributed by atoms with Crippen molar-refractivity contribution in [3.05, 3.63) is 33.8 Å². The highest BCUT2D eigenvalue weighted by Gasteiger charge is 2.29. The van der Waals surface area contributed by atoms with Crippen molar-refractivity contribution in [1.82, 2.24) is 0 Å². The monoisotopic (exact) mass is 227 g/mol. The minimum Gasteiger partial charge on any atom is -0.439 e. The van der Waals surface area contributed by atoms with E-state index < -0.39 is 6.23 Å². The highest BCUT2D eigenvalue weighted by Crippen LogP contribution is 2.32. The summed E-state index contributed by atoms with van der Waals surface area (Å²) >= 11 is 3.30. The molecule has 1 aliphatic heterocycles. The molecule has 0 spiro atoms. The number of carbonyl (C=O) groups excluding carboxylic acids is 1. The van der Waals surface area contributed by atoms with Crippen LogP contribution in [0.5, 0.6) is 0 Å². The van der Waals surface area contributed by atoms with Gasteiger partial charge in [0, 0.05) is 10.0 Å². The van der Waals surface area contributed by atoms with Crippen LogP contribution in [0.15, 0.2) is 22.7 Å². The maximum atomic E-state index is 11.1. The number of hydrogen-bond acceptors (Lipinski definition) is 3. The Labute approximate surface area is 77.6 Å². The summed E-state index contributed by atoms with van der Waals surface area (Å²) in [5.74, 6) is -0.348. The molecule has 1 aromatic rings. The molecule has 1 atom stereocenters. The van der Waals surface area contributed by atoms with E-state index in [0.29, 0.717) is 5.56 Å². The number of nitrogens with two attached hydrogens (primary N) is 1. The van der Waals surface area contributed by atoms with Gasteiger partial charge in [0.25, 0.3) is 0 Å². The molecule has 0 fully saturated rings. The predicted molar refractivity (Wildman–Crippen MR) is 46.5 cm³/mol. The molecular formula is C8H6BrNO2. The molecule has 1 aromatic carbocycles. The molecule has 62 valence electrons. The SMILES string of the molecule is NC1OC(=O)c2cccc(Br)c21. The van der Waals surface area contributed by atoms with Crippen molar-refractivity contribution >= 4 is 21.9 Å². The lowest BCUT2D eigenvalue weighted by molar-refractivity contribution is 0.0398. The van der Waals surface area contributed by atoms with Crippen LogP contribution in [0.3, 0.4) is 0 Å². The van der Waals surface area contributed by atoms with Gasteiger partial charge in [-0.3, -0.25) is 5.73 Å². The van der Waals surface area contributed by atoms with Crippen LogP contribution in [0, 0.1) is 0 Å². The van der Waals surface area contributed by atoms with E-state index in [-0.39, 0.29) is 5.97 Å². The topological polar surface area (TPSA) is 52.3 Å². The minimum absolute atomic E-state index is 0.348. The quantitative estimate of drug-likeness (QED) is 0.685. The molecule has 12 heavy (non-hydrogen) atoms. The van der Waals surface area contributed by atoms with Gasteiger partial charge in [-0.15, -0.1) is 0 Å². The summed E-state index contributed by atoms with van der Waals surface area (Å²) in [6.45, 7) is 0. The molecule has 1 aliphatic rings. The Kier molecular flexibility index (Phi) is 1.66. The first-order chi connectivity index (χ1) is 5.70. The van der Waals surface area contributed by atoms with E-state index in [1.54, 1.807) is 12.1 Å². The fourth-order valence-corrected chi connectivity index (χ4v) is 1.83. The smallest absolute Gasteiger partial charge is 0.340 e. The lowest BCUT2D eigenvalue weighted by Gasteiger charge is -2.03. The van der Waals surface area contributed by atoms with Crippen molar-refractivity contribution in [2.45, 2.75) is 6.23 Å². The van der Waals surface area contributed by atoms with E-state index in [9.17, 15) is 4.79 Å². The molecule has 2 N–H and O–H groups in total. The molecule has 0 aromatic heterocycles. The number of esters is 1. The third-order valence-corrected chi connectivity index (χ3v) is 2.48. The lowest BCUT2D eigenvalue weighted by Crippen LogP contribution is -2.09. The normalized spacial score (nSPS) is 20.5. The summed E-state index contributed by atoms with van der Waals surface area (Å²) in [4.78, 5) is 11.1. The van der Waals surface area contributed by atoms with E-state index in [2.05, 4.69) is 15.9 Å². The highest BCUT2D eigenvalue weighted by atomic mass is 79.9. The Morgan fingerprint density at radius 1 is 1.50 bits per heavy atom. The van der Waals surface area contributed by atoms with E-state index in [0.717, 1.165) is 10.0 Å². The van der Waals surface area contributed by atoms with Crippen LogP contribution in [0.2, 0.25) is 0 Å². The van der Waals surface area contributed by atoms with Crippen LogP contribution in [-0.4, -0.2) is 5.97 Å². The molecule has 0 bridgehead atoms. The average molecular weight is 228 g/mol. The Bertz CT molecular complexity index is 351. The van der Waals surface area contributed by atoms with E-state index >= 15 is 0 Å². The summed E-state index contributed by atoms with van der Waals surface area (Å²) < 4.78 is 5.64. The summed E-state index contributed by atoms with van der Waals surface area (Å²) in [6, 6.07) is 5.32. The van der Waals surface area contributed by atoms with Crippen LogP contribution >= 0.6 is 15.9 Å². The Hall–Kier alpha value is -0.870. The number of benzene rings is 1. The second kappa shape index (κ2) is 2.57. The molecule has 1 unspecified atom stereocenters. The fraction of sp³-hybridized carbons (Fsp3) is 0.125. The summed E-state index contributed by atoms with van der Waals surface area (Å²) in [7, 11) is 0. The van der Waals surface area contributed by atoms with Crippen LogP contribution in [0.25, 0.3) is 0 Å². The standard InChI is InChI=1S/C8H6BrNO2/c9-5-3-1-2-4-6(5)7(10)12-8(4)11/h1-3,7H,10H2. The van der Waals surface area contributed by atoms with Crippen molar-refractivity contribution in [3.63, 3.8) is 0 Å². The van der Waals surface area contributed by atoms with Gasteiger partial charge in [-0.05, 0) is 12.1 Å². The lowest BCUT2D eigenvalue weighted by atomic mass is 10.1. The van der Waals surface area contributed by atoms with Gasteiger partial charge < -0.3 is 4.74 Å². The van der Waals surface area contributed by atoms with Crippen molar-refractivity contribution < 1.29 is 9.53 Å². The van der Waals surface area contributed by atoms with Crippen molar-refractivity contribution in [1.29, 1.82) is 0 Å². The predicted octanol–water partition coefficient (Wildman–Crippen LogP) is 1.58. The van der Waals surface area contributed by atoms with Crippen LogP contribution < -0.4 is 5.73 Å². The maximum Gasteiger partial charge on any atom is 0.340 e. The van der Waals surface area contributed by atoms with Crippen molar-refractivity contribution in [3.8, 4) is 0 Å². The number of ether oxygens (including phenoxy) is 1. The second-order valence-electron chi connectivity index (χ2n) is 2.53.